The van der Waals surface area contributed by atoms with Crippen LogP contribution in [0.4, 0.5) is 5.69 Å². The third-order valence-electron chi connectivity index (χ3n) is 6.50. The minimum Gasteiger partial charge on any atom is -0.497 e. The van der Waals surface area contributed by atoms with Gasteiger partial charge >= 0.3 is 0 Å². The zero-order valence-electron chi connectivity index (χ0n) is 20.0. The van der Waals surface area contributed by atoms with Gasteiger partial charge in [-0.05, 0) is 79.1 Å². The van der Waals surface area contributed by atoms with E-state index in [0.717, 1.165) is 18.6 Å². The summed E-state index contributed by atoms with van der Waals surface area (Å²) >= 11 is 0. The standard InChI is InChI=1S/C28H30N2O5/c1-33-24-11-5-21(6-12-24)27(32)30-23-9-3-20(4-10-23)26(31)29-19-28(15-17-35-18-16-28)22-7-13-25(34-2)14-8-22/h3-14H,15-19H2,1-2H3,(H,29,31)(H,30,32). The van der Waals surface area contributed by atoms with Gasteiger partial charge in [0.15, 0.2) is 0 Å². The predicted molar refractivity (Wildman–Crippen MR) is 134 cm³/mol. The van der Waals surface area contributed by atoms with Crippen LogP contribution in [0, 0.1) is 0 Å². The Morgan fingerprint density at radius 1 is 0.771 bits per heavy atom. The predicted octanol–water partition coefficient (Wildman–Crippen LogP) is 4.43. The highest BCUT2D eigenvalue weighted by Gasteiger charge is 2.35. The van der Waals surface area contributed by atoms with Crippen molar-refractivity contribution in [2.24, 2.45) is 0 Å². The Morgan fingerprint density at radius 3 is 1.86 bits per heavy atom. The highest BCUT2D eigenvalue weighted by Crippen LogP contribution is 2.35. The van der Waals surface area contributed by atoms with Gasteiger partial charge in [-0.3, -0.25) is 9.59 Å². The van der Waals surface area contributed by atoms with E-state index in [1.165, 1.54) is 5.56 Å². The molecule has 0 bridgehead atoms. The van der Waals surface area contributed by atoms with Gasteiger partial charge in [-0.2, -0.15) is 0 Å². The van der Waals surface area contributed by atoms with Gasteiger partial charge in [0.1, 0.15) is 11.5 Å². The molecule has 0 aliphatic carbocycles. The van der Waals surface area contributed by atoms with Crippen LogP contribution < -0.4 is 20.1 Å². The minimum absolute atomic E-state index is 0.155. The lowest BCUT2D eigenvalue weighted by Gasteiger charge is -2.38. The topological polar surface area (TPSA) is 85.9 Å². The van der Waals surface area contributed by atoms with E-state index >= 15 is 0 Å². The van der Waals surface area contributed by atoms with Crippen molar-refractivity contribution >= 4 is 17.5 Å². The maximum atomic E-state index is 12.9. The van der Waals surface area contributed by atoms with E-state index in [0.29, 0.717) is 42.3 Å². The lowest BCUT2D eigenvalue weighted by atomic mass is 9.74. The van der Waals surface area contributed by atoms with Gasteiger partial charge in [-0.25, -0.2) is 0 Å². The number of anilines is 1. The van der Waals surface area contributed by atoms with Gasteiger partial charge in [0, 0.05) is 42.0 Å². The number of ether oxygens (including phenoxy) is 3. The lowest BCUT2D eigenvalue weighted by molar-refractivity contribution is 0.0487. The Kier molecular flexibility index (Phi) is 7.67. The lowest BCUT2D eigenvalue weighted by Crippen LogP contribution is -2.44. The van der Waals surface area contributed by atoms with Crippen LogP contribution in [0.15, 0.2) is 72.8 Å². The smallest absolute Gasteiger partial charge is 0.255 e. The molecule has 1 saturated heterocycles. The van der Waals surface area contributed by atoms with E-state index in [1.807, 2.05) is 12.1 Å². The number of benzene rings is 3. The molecule has 4 rings (SSSR count). The Hall–Kier alpha value is -3.84. The van der Waals surface area contributed by atoms with Gasteiger partial charge in [-0.1, -0.05) is 12.1 Å². The molecule has 3 aromatic carbocycles. The van der Waals surface area contributed by atoms with E-state index in [1.54, 1.807) is 62.8 Å². The summed E-state index contributed by atoms with van der Waals surface area (Å²) in [6.07, 6.45) is 1.66. The second-order valence-electron chi connectivity index (χ2n) is 8.56. The second-order valence-corrected chi connectivity index (χ2v) is 8.56. The number of methoxy groups -OCH3 is 2. The largest absolute Gasteiger partial charge is 0.497 e. The summed E-state index contributed by atoms with van der Waals surface area (Å²) in [6.45, 7) is 1.83. The summed E-state index contributed by atoms with van der Waals surface area (Å²) < 4.78 is 16.0. The fourth-order valence-electron chi connectivity index (χ4n) is 4.28. The average molecular weight is 475 g/mol. The number of rotatable bonds is 8. The summed E-state index contributed by atoms with van der Waals surface area (Å²) in [5, 5.41) is 5.96. The number of amides is 2. The molecule has 0 atom stereocenters. The van der Waals surface area contributed by atoms with E-state index in [-0.39, 0.29) is 17.2 Å². The molecule has 35 heavy (non-hydrogen) atoms. The third-order valence-corrected chi connectivity index (χ3v) is 6.50. The number of hydrogen-bond acceptors (Lipinski definition) is 5. The minimum atomic E-state index is -0.231. The first-order chi connectivity index (χ1) is 17.0. The molecule has 0 spiro atoms. The van der Waals surface area contributed by atoms with Gasteiger partial charge < -0.3 is 24.8 Å². The molecule has 7 heteroatoms. The second kappa shape index (κ2) is 11.1. The molecule has 2 amide bonds. The molecule has 0 saturated carbocycles. The summed E-state index contributed by atoms with van der Waals surface area (Å²) in [6, 6.07) is 21.8. The van der Waals surface area contributed by atoms with Crippen molar-refractivity contribution in [2.75, 3.05) is 39.3 Å². The zero-order valence-corrected chi connectivity index (χ0v) is 20.0. The molecule has 0 aromatic heterocycles. The quantitative estimate of drug-likeness (QED) is 0.504. The number of carbonyl (C=O) groups is 2. The van der Waals surface area contributed by atoms with Crippen LogP contribution in [0.5, 0.6) is 11.5 Å². The molecule has 0 unspecified atom stereocenters. The molecule has 1 aliphatic heterocycles. The van der Waals surface area contributed by atoms with Gasteiger partial charge in [0.05, 0.1) is 14.2 Å². The Labute approximate surface area is 205 Å². The zero-order chi connectivity index (χ0) is 24.7. The van der Waals surface area contributed by atoms with Crippen molar-refractivity contribution in [3.63, 3.8) is 0 Å². The van der Waals surface area contributed by atoms with Crippen LogP contribution in [0.3, 0.4) is 0 Å². The number of nitrogens with one attached hydrogen (secondary N) is 2. The Bertz CT molecular complexity index is 1140. The normalized spacial score (nSPS) is 14.6. The molecular formula is C28H30N2O5. The molecule has 182 valence electrons. The van der Waals surface area contributed by atoms with Crippen LogP contribution in [-0.4, -0.2) is 45.8 Å². The maximum absolute atomic E-state index is 12.9. The van der Waals surface area contributed by atoms with Crippen LogP contribution in [0.2, 0.25) is 0 Å². The molecular weight excluding hydrogens is 444 g/mol. The average Bonchev–Trinajstić information content (AvgIpc) is 2.92. The summed E-state index contributed by atoms with van der Waals surface area (Å²) in [5.41, 5.74) is 2.64. The summed E-state index contributed by atoms with van der Waals surface area (Å²) in [4.78, 5) is 25.4. The monoisotopic (exact) mass is 474 g/mol. The number of carbonyl (C=O) groups excluding carboxylic acids is 2. The van der Waals surface area contributed by atoms with E-state index in [9.17, 15) is 9.59 Å². The molecule has 7 nitrogen and oxygen atoms in total. The van der Waals surface area contributed by atoms with Crippen LogP contribution >= 0.6 is 0 Å². The third kappa shape index (κ3) is 5.81. The first-order valence-electron chi connectivity index (χ1n) is 11.6. The first kappa shape index (κ1) is 24.3. The molecule has 1 heterocycles. The molecule has 3 aromatic rings. The Balaban J connectivity index is 1.39. The molecule has 0 radical (unpaired) electrons. The highest BCUT2D eigenvalue weighted by atomic mass is 16.5. The van der Waals surface area contributed by atoms with Crippen molar-refractivity contribution in [3.8, 4) is 11.5 Å². The maximum Gasteiger partial charge on any atom is 0.255 e. The molecule has 2 N–H and O–H groups in total. The van der Waals surface area contributed by atoms with Crippen LogP contribution in [-0.2, 0) is 10.2 Å². The molecule has 1 aliphatic rings. The SMILES string of the molecule is COc1ccc(C(=O)Nc2ccc(C(=O)NCC3(c4ccc(OC)cc4)CCOCC3)cc2)cc1. The van der Waals surface area contributed by atoms with E-state index in [4.69, 9.17) is 14.2 Å². The first-order valence-corrected chi connectivity index (χ1v) is 11.6. The van der Waals surface area contributed by atoms with Crippen LogP contribution in [0.25, 0.3) is 0 Å². The summed E-state index contributed by atoms with van der Waals surface area (Å²) in [7, 11) is 3.23. The fourth-order valence-corrected chi connectivity index (χ4v) is 4.28. The summed E-state index contributed by atoms with van der Waals surface area (Å²) in [5.74, 6) is 1.11. The van der Waals surface area contributed by atoms with Crippen molar-refractivity contribution in [1.82, 2.24) is 5.32 Å². The number of hydrogen-bond donors (Lipinski definition) is 2. The van der Waals surface area contributed by atoms with Crippen molar-refractivity contribution in [1.29, 1.82) is 0 Å². The van der Waals surface area contributed by atoms with Crippen LogP contribution in [0.1, 0.15) is 39.1 Å². The fraction of sp³-hybridized carbons (Fsp3) is 0.286. The van der Waals surface area contributed by atoms with Gasteiger partial charge in [-0.15, -0.1) is 0 Å². The molecule has 1 fully saturated rings. The van der Waals surface area contributed by atoms with E-state index < -0.39 is 0 Å². The van der Waals surface area contributed by atoms with Crippen molar-refractivity contribution in [3.05, 3.63) is 89.5 Å². The van der Waals surface area contributed by atoms with Gasteiger partial charge in [0.2, 0.25) is 0 Å². The van der Waals surface area contributed by atoms with E-state index in [2.05, 4.69) is 22.8 Å². The highest BCUT2D eigenvalue weighted by molar-refractivity contribution is 6.04. The Morgan fingerprint density at radius 2 is 1.29 bits per heavy atom. The van der Waals surface area contributed by atoms with Gasteiger partial charge in [0.25, 0.3) is 11.8 Å². The van der Waals surface area contributed by atoms with Crippen molar-refractivity contribution < 1.29 is 23.8 Å². The van der Waals surface area contributed by atoms with Crippen molar-refractivity contribution in [2.45, 2.75) is 18.3 Å².